The number of anilines is 1. The Labute approximate surface area is 166 Å². The van der Waals surface area contributed by atoms with Gasteiger partial charge in [-0.25, -0.2) is 0 Å². The zero-order chi connectivity index (χ0) is 19.3. The third-order valence-corrected chi connectivity index (χ3v) is 5.77. The number of hydrazine groups is 1. The predicted molar refractivity (Wildman–Crippen MR) is 111 cm³/mol. The summed E-state index contributed by atoms with van der Waals surface area (Å²) in [5.74, 6) is -0.380. The summed E-state index contributed by atoms with van der Waals surface area (Å²) in [5.41, 5.74) is 8.55. The van der Waals surface area contributed by atoms with E-state index in [1.807, 2.05) is 51.0 Å². The first-order valence-electron chi connectivity index (χ1n) is 8.04. The van der Waals surface area contributed by atoms with Crippen LogP contribution >= 0.6 is 27.7 Å². The van der Waals surface area contributed by atoms with Gasteiger partial charge in [-0.1, -0.05) is 22.0 Å². The van der Waals surface area contributed by atoms with E-state index in [2.05, 4.69) is 26.8 Å². The topological polar surface area (TPSA) is 61.4 Å². The number of nitrogens with one attached hydrogen (secondary N) is 2. The molecule has 2 aromatic carbocycles. The summed E-state index contributed by atoms with van der Waals surface area (Å²) in [6, 6.07) is 11.3. The highest BCUT2D eigenvalue weighted by Crippen LogP contribution is 2.28. The van der Waals surface area contributed by atoms with Gasteiger partial charge in [0.2, 0.25) is 5.91 Å². The van der Waals surface area contributed by atoms with Crippen LogP contribution in [-0.2, 0) is 4.79 Å². The molecule has 2 rings (SSSR count). The summed E-state index contributed by atoms with van der Waals surface area (Å²) < 4.78 is 1.05. The number of carbonyl (C=O) groups is 2. The lowest BCUT2D eigenvalue weighted by atomic mass is 10.2. The second kappa shape index (κ2) is 9.09. The van der Waals surface area contributed by atoms with Gasteiger partial charge in [0.25, 0.3) is 5.91 Å². The Kier molecular flexibility index (Phi) is 7.11. The number of aryl methyl sites for hydroxylation is 2. The van der Waals surface area contributed by atoms with Gasteiger partial charge in [0.05, 0.1) is 5.75 Å². The molecule has 0 atom stereocenters. The van der Waals surface area contributed by atoms with Crippen molar-refractivity contribution in [2.45, 2.75) is 18.7 Å². The molecule has 7 heteroatoms. The van der Waals surface area contributed by atoms with E-state index in [4.69, 9.17) is 0 Å². The largest absolute Gasteiger partial charge is 0.378 e. The van der Waals surface area contributed by atoms with Crippen molar-refractivity contribution in [3.63, 3.8) is 0 Å². The van der Waals surface area contributed by atoms with Gasteiger partial charge in [0, 0.05) is 34.7 Å². The normalized spacial score (nSPS) is 10.3. The van der Waals surface area contributed by atoms with Crippen molar-refractivity contribution >= 4 is 45.2 Å². The Morgan fingerprint density at radius 2 is 1.81 bits per heavy atom. The molecule has 0 saturated heterocycles. The van der Waals surface area contributed by atoms with Gasteiger partial charge in [-0.3, -0.25) is 20.4 Å². The standard InChI is InChI=1S/C19H22BrN3O2S/c1-12-9-17(13(2)8-16(12)20)26-11-18(24)21-22-19(25)14-6-5-7-15(10-14)23(3)4/h5-10H,11H2,1-4H3,(H,21,24)(H,22,25). The van der Waals surface area contributed by atoms with Crippen molar-refractivity contribution in [3.05, 3.63) is 57.6 Å². The fraction of sp³-hybridized carbons (Fsp3) is 0.263. The first-order chi connectivity index (χ1) is 12.3. The molecule has 0 spiro atoms. The van der Waals surface area contributed by atoms with Crippen LogP contribution in [0.15, 0.2) is 45.8 Å². The summed E-state index contributed by atoms with van der Waals surface area (Å²) in [5, 5.41) is 0. The number of hydrogen-bond acceptors (Lipinski definition) is 4. The fourth-order valence-corrected chi connectivity index (χ4v) is 3.58. The first kappa shape index (κ1) is 20.3. The van der Waals surface area contributed by atoms with E-state index < -0.39 is 0 Å². The summed E-state index contributed by atoms with van der Waals surface area (Å²) in [6.07, 6.45) is 0. The Morgan fingerprint density at radius 1 is 1.08 bits per heavy atom. The van der Waals surface area contributed by atoms with Gasteiger partial charge in [0.15, 0.2) is 0 Å². The Hall–Kier alpha value is -1.99. The molecule has 0 aromatic heterocycles. The maximum atomic E-state index is 12.2. The summed E-state index contributed by atoms with van der Waals surface area (Å²) in [4.78, 5) is 27.2. The maximum Gasteiger partial charge on any atom is 0.269 e. The van der Waals surface area contributed by atoms with Crippen LogP contribution in [0.3, 0.4) is 0 Å². The molecule has 5 nitrogen and oxygen atoms in total. The molecule has 2 N–H and O–H groups in total. The lowest BCUT2D eigenvalue weighted by Gasteiger charge is -2.14. The molecule has 2 amide bonds. The molecule has 138 valence electrons. The Morgan fingerprint density at radius 3 is 2.50 bits per heavy atom. The average molecular weight is 436 g/mol. The fourth-order valence-electron chi connectivity index (χ4n) is 2.21. The molecule has 2 aromatic rings. The van der Waals surface area contributed by atoms with Crippen molar-refractivity contribution in [1.82, 2.24) is 10.9 Å². The second-order valence-corrected chi connectivity index (χ2v) is 7.97. The van der Waals surface area contributed by atoms with Crippen LogP contribution in [0.1, 0.15) is 21.5 Å². The minimum Gasteiger partial charge on any atom is -0.378 e. The van der Waals surface area contributed by atoms with E-state index in [9.17, 15) is 9.59 Å². The van der Waals surface area contributed by atoms with Crippen LogP contribution in [0.2, 0.25) is 0 Å². The number of carbonyl (C=O) groups excluding carboxylic acids is 2. The average Bonchev–Trinajstić information content (AvgIpc) is 2.61. The summed E-state index contributed by atoms with van der Waals surface area (Å²) >= 11 is 4.94. The van der Waals surface area contributed by atoms with Crippen LogP contribution < -0.4 is 15.8 Å². The van der Waals surface area contributed by atoms with Crippen molar-refractivity contribution < 1.29 is 9.59 Å². The van der Waals surface area contributed by atoms with Crippen molar-refractivity contribution in [3.8, 4) is 0 Å². The lowest BCUT2D eigenvalue weighted by molar-refractivity contribution is -0.119. The molecule has 0 aliphatic carbocycles. The Bertz CT molecular complexity index is 824. The summed E-state index contributed by atoms with van der Waals surface area (Å²) in [6.45, 7) is 4.01. The van der Waals surface area contributed by atoms with E-state index in [0.717, 1.165) is 26.2 Å². The van der Waals surface area contributed by atoms with Gasteiger partial charge in [0.1, 0.15) is 0 Å². The molecular formula is C19H22BrN3O2S. The zero-order valence-electron chi connectivity index (χ0n) is 15.2. The van der Waals surface area contributed by atoms with Crippen LogP contribution in [0.25, 0.3) is 0 Å². The molecule has 0 heterocycles. The van der Waals surface area contributed by atoms with E-state index >= 15 is 0 Å². The zero-order valence-corrected chi connectivity index (χ0v) is 17.6. The van der Waals surface area contributed by atoms with Crippen molar-refractivity contribution in [2.24, 2.45) is 0 Å². The molecular weight excluding hydrogens is 414 g/mol. The highest BCUT2D eigenvalue weighted by molar-refractivity contribution is 9.10. The van der Waals surface area contributed by atoms with Gasteiger partial charge in [-0.15, -0.1) is 11.8 Å². The second-order valence-electron chi connectivity index (χ2n) is 6.10. The number of benzene rings is 2. The lowest BCUT2D eigenvalue weighted by Crippen LogP contribution is -2.42. The van der Waals surface area contributed by atoms with Crippen LogP contribution in [0, 0.1) is 13.8 Å². The Balaban J connectivity index is 1.88. The number of rotatable bonds is 5. The van der Waals surface area contributed by atoms with Gasteiger partial charge in [-0.2, -0.15) is 0 Å². The van der Waals surface area contributed by atoms with Crippen LogP contribution in [-0.4, -0.2) is 31.7 Å². The molecule has 0 unspecified atom stereocenters. The highest BCUT2D eigenvalue weighted by atomic mass is 79.9. The van der Waals surface area contributed by atoms with E-state index in [1.54, 1.807) is 18.2 Å². The number of nitrogens with zero attached hydrogens (tertiary/aromatic N) is 1. The molecule has 26 heavy (non-hydrogen) atoms. The predicted octanol–water partition coefficient (Wildman–Crippen LogP) is 3.69. The number of amides is 2. The van der Waals surface area contributed by atoms with E-state index in [-0.39, 0.29) is 17.6 Å². The minimum atomic E-state index is -0.345. The molecule has 0 aliphatic rings. The summed E-state index contributed by atoms with van der Waals surface area (Å²) in [7, 11) is 3.81. The first-order valence-corrected chi connectivity index (χ1v) is 9.82. The van der Waals surface area contributed by atoms with Crippen LogP contribution in [0.5, 0.6) is 0 Å². The van der Waals surface area contributed by atoms with Crippen molar-refractivity contribution in [1.29, 1.82) is 0 Å². The van der Waals surface area contributed by atoms with E-state index in [0.29, 0.717) is 5.56 Å². The number of halogens is 1. The third-order valence-electron chi connectivity index (χ3n) is 3.76. The van der Waals surface area contributed by atoms with E-state index in [1.165, 1.54) is 11.8 Å². The number of thioether (sulfide) groups is 1. The molecule has 0 aliphatic heterocycles. The quantitative estimate of drug-likeness (QED) is 0.555. The SMILES string of the molecule is Cc1cc(SCC(=O)NNC(=O)c2cccc(N(C)C)c2)c(C)cc1Br. The minimum absolute atomic E-state index is 0.222. The smallest absolute Gasteiger partial charge is 0.269 e. The molecule has 0 bridgehead atoms. The number of hydrogen-bond donors (Lipinski definition) is 2. The van der Waals surface area contributed by atoms with Gasteiger partial charge >= 0.3 is 0 Å². The molecule has 0 saturated carbocycles. The third kappa shape index (κ3) is 5.51. The maximum absolute atomic E-state index is 12.2. The molecule has 0 fully saturated rings. The highest BCUT2D eigenvalue weighted by Gasteiger charge is 2.10. The molecule has 0 radical (unpaired) electrons. The van der Waals surface area contributed by atoms with Crippen LogP contribution in [0.4, 0.5) is 5.69 Å². The monoisotopic (exact) mass is 435 g/mol. The van der Waals surface area contributed by atoms with Gasteiger partial charge in [-0.05, 0) is 55.3 Å². The van der Waals surface area contributed by atoms with Gasteiger partial charge < -0.3 is 4.90 Å². The van der Waals surface area contributed by atoms with Crippen molar-refractivity contribution in [2.75, 3.05) is 24.7 Å².